The minimum Gasteiger partial charge on any atom is -0.346 e. The van der Waals surface area contributed by atoms with E-state index in [0.29, 0.717) is 17.1 Å². The smallest absolute Gasteiger partial charge is 0.282 e. The van der Waals surface area contributed by atoms with E-state index in [0.717, 1.165) is 16.9 Å². The van der Waals surface area contributed by atoms with Crippen LogP contribution in [-0.4, -0.2) is 16.1 Å². The summed E-state index contributed by atoms with van der Waals surface area (Å²) in [7, 11) is 0. The van der Waals surface area contributed by atoms with Gasteiger partial charge in [0.05, 0.1) is 5.03 Å². The SMILES string of the molecule is O=C(NCc1ccccc1)c1nnc(C(Cl)=Cc2ccccc2F)s1. The fraction of sp³-hybridized carbons (Fsp3) is 0.0556. The van der Waals surface area contributed by atoms with E-state index >= 15 is 0 Å². The van der Waals surface area contributed by atoms with Crippen molar-refractivity contribution in [2.24, 2.45) is 0 Å². The average molecular weight is 374 g/mol. The highest BCUT2D eigenvalue weighted by Crippen LogP contribution is 2.26. The molecule has 1 N–H and O–H groups in total. The molecular weight excluding hydrogens is 361 g/mol. The maximum Gasteiger partial charge on any atom is 0.282 e. The molecule has 3 aromatic rings. The highest BCUT2D eigenvalue weighted by molar-refractivity contribution is 7.15. The number of aromatic nitrogens is 2. The molecule has 0 atom stereocenters. The molecule has 0 radical (unpaired) electrons. The Balaban J connectivity index is 1.69. The Morgan fingerprint density at radius 3 is 2.52 bits per heavy atom. The number of hydrogen-bond donors (Lipinski definition) is 1. The summed E-state index contributed by atoms with van der Waals surface area (Å²) in [6, 6.07) is 15.8. The maximum atomic E-state index is 13.7. The standard InChI is InChI=1S/C18H13ClFN3OS/c19-14(10-13-8-4-5-9-15(13)20)17-22-23-18(25-17)16(24)21-11-12-6-2-1-3-7-12/h1-10H,11H2,(H,21,24). The van der Waals surface area contributed by atoms with Crippen LogP contribution in [0.3, 0.4) is 0 Å². The summed E-state index contributed by atoms with van der Waals surface area (Å²) in [5.74, 6) is -0.714. The molecule has 0 aliphatic rings. The number of nitrogens with zero attached hydrogens (tertiary/aromatic N) is 2. The van der Waals surface area contributed by atoms with E-state index in [2.05, 4.69) is 15.5 Å². The first-order valence-corrected chi connectivity index (χ1v) is 8.60. The van der Waals surface area contributed by atoms with Crippen molar-refractivity contribution in [3.05, 3.63) is 81.6 Å². The number of halogens is 2. The van der Waals surface area contributed by atoms with Gasteiger partial charge in [0.2, 0.25) is 5.01 Å². The van der Waals surface area contributed by atoms with Crippen molar-refractivity contribution in [1.82, 2.24) is 15.5 Å². The zero-order valence-corrected chi connectivity index (χ0v) is 14.5. The quantitative estimate of drug-likeness (QED) is 0.723. The van der Waals surface area contributed by atoms with E-state index in [1.165, 1.54) is 12.1 Å². The van der Waals surface area contributed by atoms with E-state index in [9.17, 15) is 9.18 Å². The molecule has 0 fully saturated rings. The summed E-state index contributed by atoms with van der Waals surface area (Å²) < 4.78 is 13.7. The molecule has 2 aromatic carbocycles. The number of carbonyl (C=O) groups excluding carboxylic acids is 1. The van der Waals surface area contributed by atoms with Gasteiger partial charge in [-0.05, 0) is 17.7 Å². The Morgan fingerprint density at radius 1 is 1.08 bits per heavy atom. The van der Waals surface area contributed by atoms with Crippen LogP contribution in [0, 0.1) is 5.82 Å². The second-order valence-electron chi connectivity index (χ2n) is 5.09. The highest BCUT2D eigenvalue weighted by atomic mass is 35.5. The topological polar surface area (TPSA) is 54.9 Å². The number of amides is 1. The van der Waals surface area contributed by atoms with E-state index < -0.39 is 0 Å². The van der Waals surface area contributed by atoms with Crippen molar-refractivity contribution in [3.8, 4) is 0 Å². The lowest BCUT2D eigenvalue weighted by molar-refractivity contribution is 0.0950. The first-order valence-electron chi connectivity index (χ1n) is 7.41. The fourth-order valence-corrected chi connectivity index (χ4v) is 2.99. The third-order valence-electron chi connectivity index (χ3n) is 3.31. The zero-order chi connectivity index (χ0) is 17.6. The Morgan fingerprint density at radius 2 is 1.76 bits per heavy atom. The first-order chi connectivity index (χ1) is 12.1. The van der Waals surface area contributed by atoms with Crippen molar-refractivity contribution in [2.75, 3.05) is 0 Å². The van der Waals surface area contributed by atoms with Gasteiger partial charge >= 0.3 is 0 Å². The second-order valence-corrected chi connectivity index (χ2v) is 6.48. The Labute approximate surface area is 153 Å². The lowest BCUT2D eigenvalue weighted by Gasteiger charge is -2.02. The van der Waals surface area contributed by atoms with Gasteiger partial charge in [-0.15, -0.1) is 10.2 Å². The summed E-state index contributed by atoms with van der Waals surface area (Å²) in [5.41, 5.74) is 1.33. The van der Waals surface area contributed by atoms with Crippen LogP contribution in [0.15, 0.2) is 54.6 Å². The molecule has 0 spiro atoms. The van der Waals surface area contributed by atoms with Crippen LogP contribution in [0.2, 0.25) is 0 Å². The molecule has 1 heterocycles. The summed E-state index contributed by atoms with van der Waals surface area (Å²) in [4.78, 5) is 12.1. The van der Waals surface area contributed by atoms with Crippen LogP contribution < -0.4 is 5.32 Å². The van der Waals surface area contributed by atoms with Gasteiger partial charge in [0.1, 0.15) is 5.82 Å². The van der Waals surface area contributed by atoms with Crippen molar-refractivity contribution in [3.63, 3.8) is 0 Å². The van der Waals surface area contributed by atoms with E-state index in [1.54, 1.807) is 18.2 Å². The Bertz CT molecular complexity index is 911. The van der Waals surface area contributed by atoms with Crippen LogP contribution in [0.4, 0.5) is 4.39 Å². The maximum absolute atomic E-state index is 13.7. The minimum atomic E-state index is -0.383. The molecule has 0 unspecified atom stereocenters. The van der Waals surface area contributed by atoms with Gasteiger partial charge in [-0.1, -0.05) is 71.5 Å². The fourth-order valence-electron chi connectivity index (χ4n) is 2.06. The largest absolute Gasteiger partial charge is 0.346 e. The molecule has 4 nitrogen and oxygen atoms in total. The number of nitrogens with one attached hydrogen (secondary N) is 1. The van der Waals surface area contributed by atoms with Gasteiger partial charge in [0.25, 0.3) is 5.91 Å². The minimum absolute atomic E-state index is 0.200. The van der Waals surface area contributed by atoms with Crippen LogP contribution in [-0.2, 0) is 6.54 Å². The van der Waals surface area contributed by atoms with Gasteiger partial charge < -0.3 is 5.32 Å². The third kappa shape index (κ3) is 4.49. The van der Waals surface area contributed by atoms with E-state index in [4.69, 9.17) is 11.6 Å². The lowest BCUT2D eigenvalue weighted by Crippen LogP contribution is -2.22. The highest BCUT2D eigenvalue weighted by Gasteiger charge is 2.14. The number of benzene rings is 2. The Hall–Kier alpha value is -2.57. The van der Waals surface area contributed by atoms with E-state index in [1.807, 2.05) is 30.3 Å². The van der Waals surface area contributed by atoms with Gasteiger partial charge in [-0.2, -0.15) is 0 Å². The molecule has 1 aromatic heterocycles. The summed E-state index contributed by atoms with van der Waals surface area (Å²) in [5, 5.41) is 11.3. The van der Waals surface area contributed by atoms with E-state index in [-0.39, 0.29) is 21.8 Å². The van der Waals surface area contributed by atoms with Gasteiger partial charge in [0, 0.05) is 12.1 Å². The average Bonchev–Trinajstić information content (AvgIpc) is 3.13. The van der Waals surface area contributed by atoms with Crippen molar-refractivity contribution >= 4 is 40.0 Å². The molecule has 0 saturated heterocycles. The van der Waals surface area contributed by atoms with Crippen LogP contribution in [0.5, 0.6) is 0 Å². The van der Waals surface area contributed by atoms with Gasteiger partial charge in [0.15, 0.2) is 5.01 Å². The third-order valence-corrected chi connectivity index (χ3v) is 4.66. The zero-order valence-electron chi connectivity index (χ0n) is 12.9. The van der Waals surface area contributed by atoms with Gasteiger partial charge in [-0.25, -0.2) is 4.39 Å². The predicted octanol–water partition coefficient (Wildman–Crippen LogP) is 4.34. The molecule has 0 bridgehead atoms. The molecule has 126 valence electrons. The lowest BCUT2D eigenvalue weighted by atomic mass is 10.2. The molecule has 1 amide bonds. The monoisotopic (exact) mass is 373 g/mol. The molecule has 25 heavy (non-hydrogen) atoms. The Kier molecular flexibility index (Phi) is 5.53. The predicted molar refractivity (Wildman–Crippen MR) is 97.6 cm³/mol. The molecule has 0 saturated carbocycles. The number of carbonyl (C=O) groups is 1. The normalized spacial score (nSPS) is 11.4. The summed E-state index contributed by atoms with van der Waals surface area (Å²) in [6.07, 6.45) is 1.46. The molecule has 3 rings (SSSR count). The van der Waals surface area contributed by atoms with Gasteiger partial charge in [-0.3, -0.25) is 4.79 Å². The van der Waals surface area contributed by atoms with Crippen LogP contribution in [0.25, 0.3) is 11.1 Å². The molecule has 0 aliphatic heterocycles. The molecular formula is C18H13ClFN3OS. The van der Waals surface area contributed by atoms with Crippen LogP contribution in [0.1, 0.15) is 25.9 Å². The molecule has 0 aliphatic carbocycles. The van der Waals surface area contributed by atoms with Crippen molar-refractivity contribution < 1.29 is 9.18 Å². The van der Waals surface area contributed by atoms with Crippen LogP contribution >= 0.6 is 22.9 Å². The second kappa shape index (κ2) is 8.00. The number of rotatable bonds is 5. The summed E-state index contributed by atoms with van der Waals surface area (Å²) >= 11 is 7.23. The van der Waals surface area contributed by atoms with Crippen molar-refractivity contribution in [2.45, 2.75) is 6.54 Å². The van der Waals surface area contributed by atoms with Crippen molar-refractivity contribution in [1.29, 1.82) is 0 Å². The molecule has 7 heteroatoms. The number of hydrogen-bond acceptors (Lipinski definition) is 4. The summed E-state index contributed by atoms with van der Waals surface area (Å²) in [6.45, 7) is 0.396. The first kappa shape index (κ1) is 17.3.